The number of carbonyl (C=O) groups excluding carboxylic acids is 1. The van der Waals surface area contributed by atoms with E-state index in [2.05, 4.69) is 30.7 Å². The minimum absolute atomic E-state index is 0.00611. The van der Waals surface area contributed by atoms with E-state index in [-0.39, 0.29) is 28.7 Å². The Bertz CT molecular complexity index is 2030. The van der Waals surface area contributed by atoms with Gasteiger partial charge in [-0.25, -0.2) is 14.3 Å². The minimum Gasteiger partial charge on any atom is -0.323 e. The molecule has 0 aliphatic carbocycles. The lowest BCUT2D eigenvalue weighted by Crippen LogP contribution is -2.27. The van der Waals surface area contributed by atoms with Crippen LogP contribution in [0.25, 0.3) is 28.2 Å². The Balaban J connectivity index is 1.44. The summed E-state index contributed by atoms with van der Waals surface area (Å²) in [5, 5.41) is 13.4. The fourth-order valence-corrected chi connectivity index (χ4v) is 5.60. The van der Waals surface area contributed by atoms with Crippen LogP contribution < -0.4 is 10.9 Å². The SMILES string of the molecule is Cc1cc(-c2cc(=O)n([C@H]3CCC[C@@H](C)C(=O)Nc4cnn(C(F)F)c4-c4ccnc3c4)cn2)c(-n2cc(C(F)(F)F)nn2)cc1C. The molecule has 47 heavy (non-hydrogen) atoms. The van der Waals surface area contributed by atoms with Crippen LogP contribution in [0.3, 0.4) is 0 Å². The molecule has 0 fully saturated rings. The normalized spacial score (nSPS) is 17.2. The van der Waals surface area contributed by atoms with E-state index in [1.54, 1.807) is 32.0 Å². The van der Waals surface area contributed by atoms with E-state index < -0.39 is 35.9 Å². The summed E-state index contributed by atoms with van der Waals surface area (Å²) < 4.78 is 70.7. The number of pyridine rings is 1. The molecule has 1 aliphatic rings. The molecule has 1 N–H and O–H groups in total. The van der Waals surface area contributed by atoms with E-state index in [0.717, 1.165) is 22.0 Å². The molecule has 11 nitrogen and oxygen atoms in total. The number of aromatic nitrogens is 8. The Morgan fingerprint density at radius 1 is 1.02 bits per heavy atom. The van der Waals surface area contributed by atoms with E-state index in [1.165, 1.54) is 35.4 Å². The van der Waals surface area contributed by atoms with Crippen molar-refractivity contribution in [2.24, 2.45) is 5.92 Å². The molecule has 1 amide bonds. The first-order chi connectivity index (χ1) is 22.3. The fourth-order valence-electron chi connectivity index (χ4n) is 5.60. The van der Waals surface area contributed by atoms with Gasteiger partial charge in [0.1, 0.15) is 0 Å². The molecule has 6 rings (SSSR count). The van der Waals surface area contributed by atoms with Crippen molar-refractivity contribution in [1.82, 2.24) is 39.3 Å². The van der Waals surface area contributed by atoms with Gasteiger partial charge in [0.2, 0.25) is 5.91 Å². The number of hydrogen-bond donors (Lipinski definition) is 1. The van der Waals surface area contributed by atoms with Gasteiger partial charge in [0.25, 0.3) is 5.56 Å². The summed E-state index contributed by atoms with van der Waals surface area (Å²) in [4.78, 5) is 35.7. The quantitative estimate of drug-likeness (QED) is 0.232. The van der Waals surface area contributed by atoms with Crippen LogP contribution in [0.5, 0.6) is 0 Å². The highest BCUT2D eigenvalue weighted by molar-refractivity contribution is 5.95. The summed E-state index contributed by atoms with van der Waals surface area (Å²) in [6, 6.07) is 7.03. The highest BCUT2D eigenvalue weighted by Crippen LogP contribution is 2.35. The monoisotopic (exact) mass is 653 g/mol. The predicted octanol–water partition coefficient (Wildman–Crippen LogP) is 6.13. The summed E-state index contributed by atoms with van der Waals surface area (Å²) >= 11 is 0. The number of fused-ring (bicyclic) bond motifs is 4. The standard InChI is InChI=1S/C31H28F5N9O2/c1-16-5-4-6-24(22-11-19(7-8-37-22)28-23(40-29(16)47)13-39-45(28)30(32)33)43-15-38-21(12-27(43)46)20-9-17(2)18(3)10-25(20)44-14-26(41-42-44)31(34,35)36/h7-16,24,30H,4-6H2,1-3H3,(H,40,47)/t16-,24+/m1/s1. The smallest absolute Gasteiger partial charge is 0.323 e. The van der Waals surface area contributed by atoms with Crippen LogP contribution in [-0.4, -0.2) is 45.2 Å². The summed E-state index contributed by atoms with van der Waals surface area (Å²) in [6.45, 7) is 2.35. The largest absolute Gasteiger partial charge is 0.436 e. The van der Waals surface area contributed by atoms with Crippen LogP contribution in [0.15, 0.2) is 60.0 Å². The first kappa shape index (κ1) is 31.7. The van der Waals surface area contributed by atoms with Gasteiger partial charge in [-0.05, 0) is 62.1 Å². The van der Waals surface area contributed by atoms with E-state index in [1.807, 2.05) is 6.92 Å². The first-order valence-electron chi connectivity index (χ1n) is 14.6. The molecule has 2 bridgehead atoms. The molecule has 2 atom stereocenters. The highest BCUT2D eigenvalue weighted by atomic mass is 19.4. The molecule has 0 saturated carbocycles. The third-order valence-electron chi connectivity index (χ3n) is 8.29. The number of benzene rings is 1. The van der Waals surface area contributed by atoms with Crippen LogP contribution in [0.4, 0.5) is 27.6 Å². The predicted molar refractivity (Wildman–Crippen MR) is 160 cm³/mol. The van der Waals surface area contributed by atoms with Crippen LogP contribution in [0, 0.1) is 19.8 Å². The second-order valence-electron chi connectivity index (χ2n) is 11.5. The van der Waals surface area contributed by atoms with Crippen molar-refractivity contribution in [1.29, 1.82) is 0 Å². The van der Waals surface area contributed by atoms with E-state index >= 15 is 0 Å². The minimum atomic E-state index is -4.70. The van der Waals surface area contributed by atoms with Crippen molar-refractivity contribution in [3.63, 3.8) is 0 Å². The molecule has 5 aromatic rings. The Labute approximate surface area is 264 Å². The zero-order chi connectivity index (χ0) is 33.6. The second-order valence-corrected chi connectivity index (χ2v) is 11.5. The number of aryl methyl sites for hydroxylation is 2. The van der Waals surface area contributed by atoms with Gasteiger partial charge in [-0.15, -0.1) is 5.10 Å². The third-order valence-corrected chi connectivity index (χ3v) is 8.29. The zero-order valence-corrected chi connectivity index (χ0v) is 25.3. The van der Waals surface area contributed by atoms with Crippen LogP contribution >= 0.6 is 0 Å². The van der Waals surface area contributed by atoms with Gasteiger partial charge in [-0.1, -0.05) is 18.6 Å². The lowest BCUT2D eigenvalue weighted by atomic mass is 9.97. The molecule has 0 saturated heterocycles. The third kappa shape index (κ3) is 6.14. The van der Waals surface area contributed by atoms with Crippen molar-refractivity contribution in [3.8, 4) is 28.2 Å². The van der Waals surface area contributed by atoms with Crippen molar-refractivity contribution in [2.45, 2.75) is 58.8 Å². The Morgan fingerprint density at radius 2 is 1.79 bits per heavy atom. The van der Waals surface area contributed by atoms with Gasteiger partial charge < -0.3 is 5.32 Å². The zero-order valence-electron chi connectivity index (χ0n) is 25.3. The number of anilines is 1. The van der Waals surface area contributed by atoms with Crippen molar-refractivity contribution in [2.75, 3.05) is 5.32 Å². The maximum atomic E-state index is 14.0. The number of hydrogen-bond acceptors (Lipinski definition) is 7. The molecule has 0 unspecified atom stereocenters. The molecular weight excluding hydrogens is 625 g/mol. The van der Waals surface area contributed by atoms with E-state index in [4.69, 9.17) is 0 Å². The highest BCUT2D eigenvalue weighted by Gasteiger charge is 2.35. The van der Waals surface area contributed by atoms with Crippen molar-refractivity contribution < 1.29 is 26.7 Å². The van der Waals surface area contributed by atoms with Crippen LogP contribution in [0.1, 0.15) is 61.3 Å². The molecule has 1 aromatic carbocycles. The Morgan fingerprint density at radius 3 is 2.49 bits per heavy atom. The summed E-state index contributed by atoms with van der Waals surface area (Å²) in [5.74, 6) is -0.826. The topological polar surface area (TPSA) is 125 Å². The van der Waals surface area contributed by atoms with Gasteiger partial charge >= 0.3 is 12.7 Å². The molecule has 0 spiro atoms. The van der Waals surface area contributed by atoms with Crippen LogP contribution in [0.2, 0.25) is 0 Å². The number of carbonyl (C=O) groups is 1. The van der Waals surface area contributed by atoms with Gasteiger partial charge in [-0.2, -0.15) is 27.1 Å². The summed E-state index contributed by atoms with van der Waals surface area (Å²) in [5.41, 5.74) is 1.57. The van der Waals surface area contributed by atoms with Crippen molar-refractivity contribution in [3.05, 3.63) is 88.1 Å². The molecule has 244 valence electrons. The van der Waals surface area contributed by atoms with Crippen molar-refractivity contribution >= 4 is 11.6 Å². The average Bonchev–Trinajstić information content (AvgIpc) is 3.69. The lowest BCUT2D eigenvalue weighted by Gasteiger charge is -2.22. The molecule has 4 aromatic heterocycles. The maximum absolute atomic E-state index is 14.0. The average molecular weight is 654 g/mol. The first-order valence-corrected chi connectivity index (χ1v) is 14.6. The summed E-state index contributed by atoms with van der Waals surface area (Å²) in [7, 11) is 0. The lowest BCUT2D eigenvalue weighted by molar-refractivity contribution is -0.141. The number of alkyl halides is 5. The number of halogens is 5. The summed E-state index contributed by atoms with van der Waals surface area (Å²) in [6.07, 6.45) is 1.32. The fraction of sp³-hybridized carbons (Fsp3) is 0.323. The Kier molecular flexibility index (Phi) is 8.19. The van der Waals surface area contributed by atoms with Gasteiger partial charge in [0.05, 0.1) is 53.2 Å². The molecule has 5 heterocycles. The Hall–Kier alpha value is -5.28. The second kappa shape index (κ2) is 12.1. The molecular formula is C31H28F5N9O2. The van der Waals surface area contributed by atoms with Gasteiger partial charge in [0.15, 0.2) is 5.69 Å². The molecule has 0 radical (unpaired) electrons. The maximum Gasteiger partial charge on any atom is 0.436 e. The number of nitrogens with zero attached hydrogens (tertiary/aromatic N) is 8. The van der Waals surface area contributed by atoms with Gasteiger partial charge in [0, 0.05) is 29.3 Å². The van der Waals surface area contributed by atoms with E-state index in [0.29, 0.717) is 40.8 Å². The van der Waals surface area contributed by atoms with E-state index in [9.17, 15) is 31.5 Å². The van der Waals surface area contributed by atoms with Crippen LogP contribution in [-0.2, 0) is 11.0 Å². The molecule has 1 aliphatic heterocycles. The van der Waals surface area contributed by atoms with Gasteiger partial charge in [-0.3, -0.25) is 19.1 Å². The number of amides is 1. The molecule has 16 heteroatoms. The number of rotatable bonds is 4. The number of nitrogens with one attached hydrogen (secondary N) is 1.